The lowest BCUT2D eigenvalue weighted by molar-refractivity contribution is -0.147. The highest BCUT2D eigenvalue weighted by molar-refractivity contribution is 5.97. The molecular formula is C13H16N2O3. The molecule has 2 heterocycles. The highest BCUT2D eigenvalue weighted by Crippen LogP contribution is 2.30. The average Bonchev–Trinajstić information content (AvgIpc) is 2.72. The quantitative estimate of drug-likeness (QED) is 0.860. The molecule has 1 atom stereocenters. The monoisotopic (exact) mass is 248 g/mol. The Morgan fingerprint density at radius 3 is 2.83 bits per heavy atom. The molecule has 96 valence electrons. The van der Waals surface area contributed by atoms with Crippen LogP contribution in [0.25, 0.3) is 0 Å². The van der Waals surface area contributed by atoms with Crippen LogP contribution in [0, 0.1) is 6.92 Å². The number of pyridine rings is 1. The highest BCUT2D eigenvalue weighted by Gasteiger charge is 2.46. The van der Waals surface area contributed by atoms with Crippen molar-refractivity contribution in [2.24, 2.45) is 0 Å². The summed E-state index contributed by atoms with van der Waals surface area (Å²) >= 11 is 0. The zero-order chi connectivity index (χ0) is 13.3. The summed E-state index contributed by atoms with van der Waals surface area (Å²) in [6, 6.07) is 3.56. The predicted molar refractivity (Wildman–Crippen MR) is 65.3 cm³/mol. The molecule has 1 amide bonds. The zero-order valence-corrected chi connectivity index (χ0v) is 10.5. The lowest BCUT2D eigenvalue weighted by Gasteiger charge is -2.31. The van der Waals surface area contributed by atoms with Crippen LogP contribution in [0.5, 0.6) is 0 Å². The van der Waals surface area contributed by atoms with E-state index in [1.165, 1.54) is 4.90 Å². The molecule has 0 saturated carbocycles. The number of likely N-dealkylation sites (tertiary alicyclic amines) is 1. The van der Waals surface area contributed by atoms with E-state index in [2.05, 4.69) is 4.98 Å². The molecule has 2 rings (SSSR count). The molecule has 1 aliphatic heterocycles. The van der Waals surface area contributed by atoms with Crippen molar-refractivity contribution in [3.05, 3.63) is 29.6 Å². The minimum Gasteiger partial charge on any atom is -0.480 e. The first-order chi connectivity index (χ1) is 8.47. The van der Waals surface area contributed by atoms with Crippen LogP contribution in [0.15, 0.2) is 18.3 Å². The number of nitrogens with zero attached hydrogens (tertiary/aromatic N) is 2. The van der Waals surface area contributed by atoms with Crippen LogP contribution in [0.4, 0.5) is 0 Å². The van der Waals surface area contributed by atoms with Gasteiger partial charge in [0.15, 0.2) is 0 Å². The minimum absolute atomic E-state index is 0.296. The number of rotatable bonds is 2. The Bertz CT molecular complexity index is 501. The first-order valence-electron chi connectivity index (χ1n) is 5.94. The van der Waals surface area contributed by atoms with Gasteiger partial charge < -0.3 is 10.0 Å². The van der Waals surface area contributed by atoms with Crippen molar-refractivity contribution in [3.8, 4) is 0 Å². The van der Waals surface area contributed by atoms with E-state index in [1.807, 2.05) is 0 Å². The number of hydrogen-bond donors (Lipinski definition) is 1. The predicted octanol–water partition coefficient (Wildman–Crippen LogP) is 1.47. The summed E-state index contributed by atoms with van der Waals surface area (Å²) in [4.78, 5) is 29.2. The van der Waals surface area contributed by atoms with Gasteiger partial charge in [0.1, 0.15) is 11.2 Å². The van der Waals surface area contributed by atoms with Crippen LogP contribution in [0.1, 0.15) is 35.8 Å². The number of carbonyl (C=O) groups is 2. The van der Waals surface area contributed by atoms with E-state index >= 15 is 0 Å². The normalized spacial score (nSPS) is 23.1. The summed E-state index contributed by atoms with van der Waals surface area (Å²) in [5.74, 6) is -1.25. The number of aryl methyl sites for hydroxylation is 1. The Morgan fingerprint density at radius 2 is 2.22 bits per heavy atom. The molecule has 1 aromatic rings. The van der Waals surface area contributed by atoms with Crippen molar-refractivity contribution in [1.82, 2.24) is 9.88 Å². The molecule has 1 N–H and O–H groups in total. The molecule has 1 aromatic heterocycles. The molecular weight excluding hydrogens is 232 g/mol. The second-order valence-corrected chi connectivity index (χ2v) is 4.81. The van der Waals surface area contributed by atoms with Crippen LogP contribution in [0.2, 0.25) is 0 Å². The smallest absolute Gasteiger partial charge is 0.329 e. The van der Waals surface area contributed by atoms with Gasteiger partial charge >= 0.3 is 5.97 Å². The average molecular weight is 248 g/mol. The maximum absolute atomic E-state index is 12.4. The Morgan fingerprint density at radius 1 is 1.50 bits per heavy atom. The fraction of sp³-hybridized carbons (Fsp3) is 0.462. The van der Waals surface area contributed by atoms with Gasteiger partial charge in [-0.05, 0) is 38.3 Å². The van der Waals surface area contributed by atoms with Crippen LogP contribution >= 0.6 is 0 Å². The summed E-state index contributed by atoms with van der Waals surface area (Å²) in [7, 11) is 0. The molecule has 1 unspecified atom stereocenters. The highest BCUT2D eigenvalue weighted by atomic mass is 16.4. The Labute approximate surface area is 105 Å². The number of amides is 1. The van der Waals surface area contributed by atoms with Crippen molar-refractivity contribution in [2.75, 3.05) is 6.54 Å². The van der Waals surface area contributed by atoms with Crippen LogP contribution in [-0.2, 0) is 4.79 Å². The molecule has 5 heteroatoms. The lowest BCUT2D eigenvalue weighted by atomic mass is 9.99. The third-order valence-corrected chi connectivity index (χ3v) is 3.56. The molecule has 0 bridgehead atoms. The second kappa shape index (κ2) is 4.40. The lowest BCUT2D eigenvalue weighted by Crippen LogP contribution is -2.51. The maximum Gasteiger partial charge on any atom is 0.329 e. The molecule has 1 saturated heterocycles. The fourth-order valence-corrected chi connectivity index (χ4v) is 2.35. The van der Waals surface area contributed by atoms with Gasteiger partial charge in [-0.25, -0.2) is 4.79 Å². The molecule has 0 radical (unpaired) electrons. The molecule has 5 nitrogen and oxygen atoms in total. The molecule has 0 aliphatic carbocycles. The van der Waals surface area contributed by atoms with Crippen LogP contribution < -0.4 is 0 Å². The summed E-state index contributed by atoms with van der Waals surface area (Å²) in [6.45, 7) is 3.87. The van der Waals surface area contributed by atoms with Crippen LogP contribution in [-0.4, -0.2) is 39.0 Å². The van der Waals surface area contributed by atoms with Crippen molar-refractivity contribution in [1.29, 1.82) is 0 Å². The Balaban J connectivity index is 2.35. The van der Waals surface area contributed by atoms with Gasteiger partial charge in [0.05, 0.1) is 0 Å². The van der Waals surface area contributed by atoms with E-state index in [1.54, 1.807) is 32.2 Å². The molecule has 1 aliphatic rings. The van der Waals surface area contributed by atoms with Gasteiger partial charge in [0.2, 0.25) is 0 Å². The number of aliphatic carboxylic acids is 1. The Kier molecular flexibility index (Phi) is 3.07. The van der Waals surface area contributed by atoms with Gasteiger partial charge in [-0.2, -0.15) is 0 Å². The zero-order valence-electron chi connectivity index (χ0n) is 10.5. The summed E-state index contributed by atoms with van der Waals surface area (Å²) in [5.41, 5.74) is -0.00451. The molecule has 0 aromatic carbocycles. The topological polar surface area (TPSA) is 70.5 Å². The molecule has 18 heavy (non-hydrogen) atoms. The number of hydrogen-bond acceptors (Lipinski definition) is 3. The van der Waals surface area contributed by atoms with E-state index in [0.29, 0.717) is 25.1 Å². The van der Waals surface area contributed by atoms with Gasteiger partial charge in [0, 0.05) is 12.7 Å². The Hall–Kier alpha value is -1.91. The van der Waals surface area contributed by atoms with Crippen molar-refractivity contribution >= 4 is 11.9 Å². The maximum atomic E-state index is 12.4. The van der Waals surface area contributed by atoms with Crippen molar-refractivity contribution in [2.45, 2.75) is 32.2 Å². The molecule has 1 fully saturated rings. The minimum atomic E-state index is -1.11. The number of carboxylic acid groups (broad SMARTS) is 1. The van der Waals surface area contributed by atoms with E-state index in [0.717, 1.165) is 5.56 Å². The van der Waals surface area contributed by atoms with Gasteiger partial charge in [-0.3, -0.25) is 9.78 Å². The largest absolute Gasteiger partial charge is 0.480 e. The first-order valence-corrected chi connectivity index (χ1v) is 5.94. The van der Waals surface area contributed by atoms with E-state index < -0.39 is 11.5 Å². The van der Waals surface area contributed by atoms with E-state index in [4.69, 9.17) is 0 Å². The van der Waals surface area contributed by atoms with Crippen LogP contribution in [0.3, 0.4) is 0 Å². The number of aromatic nitrogens is 1. The summed E-state index contributed by atoms with van der Waals surface area (Å²) < 4.78 is 0. The van der Waals surface area contributed by atoms with Gasteiger partial charge in [0.25, 0.3) is 5.91 Å². The van der Waals surface area contributed by atoms with E-state index in [-0.39, 0.29) is 5.91 Å². The SMILES string of the molecule is Cc1cccnc1C(=O)N1CCCC1(C)C(=O)O. The first kappa shape index (κ1) is 12.5. The molecule has 0 spiro atoms. The number of carboxylic acids is 1. The van der Waals surface area contributed by atoms with Gasteiger partial charge in [-0.15, -0.1) is 0 Å². The van der Waals surface area contributed by atoms with Gasteiger partial charge in [-0.1, -0.05) is 6.07 Å². The van der Waals surface area contributed by atoms with Crippen molar-refractivity contribution in [3.63, 3.8) is 0 Å². The van der Waals surface area contributed by atoms with E-state index in [9.17, 15) is 14.7 Å². The third-order valence-electron chi connectivity index (χ3n) is 3.56. The summed E-state index contributed by atoms with van der Waals surface area (Å²) in [5, 5.41) is 9.29. The van der Waals surface area contributed by atoms with Crippen molar-refractivity contribution < 1.29 is 14.7 Å². The number of carbonyl (C=O) groups excluding carboxylic acids is 1. The third kappa shape index (κ3) is 1.85. The fourth-order valence-electron chi connectivity index (χ4n) is 2.35. The second-order valence-electron chi connectivity index (χ2n) is 4.81. The standard InChI is InChI=1S/C13H16N2O3/c1-9-5-3-7-14-10(9)11(16)15-8-4-6-13(15,2)12(17)18/h3,5,7H,4,6,8H2,1-2H3,(H,17,18). The summed E-state index contributed by atoms with van der Waals surface area (Å²) in [6.07, 6.45) is 2.74.